The quantitative estimate of drug-likeness (QED) is 0.904. The highest BCUT2D eigenvalue weighted by Crippen LogP contribution is 2.49. The zero-order valence-electron chi connectivity index (χ0n) is 12.1. The number of methoxy groups -OCH3 is 1. The summed E-state index contributed by atoms with van der Waals surface area (Å²) >= 11 is 0. The number of amides is 1. The van der Waals surface area contributed by atoms with Crippen molar-refractivity contribution in [3.63, 3.8) is 0 Å². The molecule has 114 valence electrons. The fourth-order valence-electron chi connectivity index (χ4n) is 2.70. The molecule has 0 heterocycles. The summed E-state index contributed by atoms with van der Waals surface area (Å²) in [7, 11) is 1.56. The van der Waals surface area contributed by atoms with Gasteiger partial charge in [-0.15, -0.1) is 0 Å². The van der Waals surface area contributed by atoms with E-state index in [0.717, 1.165) is 29.5 Å². The first-order chi connectivity index (χ1) is 10.5. The van der Waals surface area contributed by atoms with Crippen LogP contribution in [-0.2, 0) is 5.54 Å². The number of nitrogens with one attached hydrogen (secondary N) is 1. The third-order valence-electron chi connectivity index (χ3n) is 3.99. The fourth-order valence-corrected chi connectivity index (χ4v) is 2.70. The molecule has 1 saturated carbocycles. The van der Waals surface area contributed by atoms with Gasteiger partial charge >= 0.3 is 6.09 Å². The Morgan fingerprint density at radius 1 is 1.18 bits per heavy atom. The molecule has 0 saturated heterocycles. The Hall–Kier alpha value is -2.56. The van der Waals surface area contributed by atoms with E-state index in [1.165, 1.54) is 12.1 Å². The molecule has 0 radical (unpaired) electrons. The van der Waals surface area contributed by atoms with Gasteiger partial charge in [-0.3, -0.25) is 0 Å². The highest BCUT2D eigenvalue weighted by Gasteiger charge is 2.47. The van der Waals surface area contributed by atoms with Crippen molar-refractivity contribution in [3.8, 4) is 16.9 Å². The number of hydrogen-bond acceptors (Lipinski definition) is 2. The second-order valence-corrected chi connectivity index (χ2v) is 5.43. The van der Waals surface area contributed by atoms with Crippen LogP contribution in [0.4, 0.5) is 9.18 Å². The first-order valence-corrected chi connectivity index (χ1v) is 7.00. The monoisotopic (exact) mass is 301 g/mol. The van der Waals surface area contributed by atoms with Gasteiger partial charge in [0.2, 0.25) is 0 Å². The molecule has 0 aliphatic heterocycles. The van der Waals surface area contributed by atoms with Crippen LogP contribution < -0.4 is 10.1 Å². The third-order valence-corrected chi connectivity index (χ3v) is 3.99. The number of carbonyl (C=O) groups is 1. The SMILES string of the molecule is COc1cc(-c2ccc(F)cc2)ccc1C1(NC(=O)O)CC1. The van der Waals surface area contributed by atoms with Crippen LogP contribution in [0.15, 0.2) is 42.5 Å². The molecule has 2 aromatic carbocycles. The molecule has 0 spiro atoms. The molecule has 0 aromatic heterocycles. The van der Waals surface area contributed by atoms with Gasteiger partial charge < -0.3 is 15.2 Å². The van der Waals surface area contributed by atoms with Crippen molar-refractivity contribution in [1.82, 2.24) is 5.32 Å². The molecule has 22 heavy (non-hydrogen) atoms. The Morgan fingerprint density at radius 2 is 1.82 bits per heavy atom. The molecule has 0 atom stereocenters. The number of carboxylic acid groups (broad SMARTS) is 1. The summed E-state index contributed by atoms with van der Waals surface area (Å²) in [5.41, 5.74) is 2.07. The maximum atomic E-state index is 13.0. The Bertz CT molecular complexity index is 708. The summed E-state index contributed by atoms with van der Waals surface area (Å²) in [4.78, 5) is 11.0. The average molecular weight is 301 g/mol. The maximum absolute atomic E-state index is 13.0. The van der Waals surface area contributed by atoms with Crippen molar-refractivity contribution in [2.24, 2.45) is 0 Å². The van der Waals surface area contributed by atoms with E-state index in [9.17, 15) is 9.18 Å². The van der Waals surface area contributed by atoms with Gasteiger partial charge in [0.1, 0.15) is 11.6 Å². The van der Waals surface area contributed by atoms with E-state index >= 15 is 0 Å². The van der Waals surface area contributed by atoms with Crippen molar-refractivity contribution in [3.05, 3.63) is 53.8 Å². The minimum atomic E-state index is -1.04. The van der Waals surface area contributed by atoms with Crippen molar-refractivity contribution in [2.45, 2.75) is 18.4 Å². The molecule has 0 bridgehead atoms. The van der Waals surface area contributed by atoms with Gasteiger partial charge in [0.15, 0.2) is 0 Å². The van der Waals surface area contributed by atoms with Crippen LogP contribution in [0.2, 0.25) is 0 Å². The minimum absolute atomic E-state index is 0.282. The van der Waals surface area contributed by atoms with Crippen LogP contribution >= 0.6 is 0 Å². The average Bonchev–Trinajstić information content (AvgIpc) is 3.27. The summed E-state index contributed by atoms with van der Waals surface area (Å²) in [5.74, 6) is 0.350. The van der Waals surface area contributed by atoms with Crippen molar-refractivity contribution < 1.29 is 19.0 Å². The summed E-state index contributed by atoms with van der Waals surface area (Å²) in [6, 6.07) is 11.8. The summed E-state index contributed by atoms with van der Waals surface area (Å²) in [6.45, 7) is 0. The van der Waals surface area contributed by atoms with Gasteiger partial charge in [0.25, 0.3) is 0 Å². The van der Waals surface area contributed by atoms with Crippen molar-refractivity contribution in [2.75, 3.05) is 7.11 Å². The fraction of sp³-hybridized carbons (Fsp3) is 0.235. The van der Waals surface area contributed by atoms with Gasteiger partial charge in [0, 0.05) is 5.56 Å². The molecule has 4 nitrogen and oxygen atoms in total. The zero-order chi connectivity index (χ0) is 15.7. The van der Waals surface area contributed by atoms with Crippen molar-refractivity contribution in [1.29, 1.82) is 0 Å². The molecule has 3 rings (SSSR count). The van der Waals surface area contributed by atoms with Gasteiger partial charge in [-0.1, -0.05) is 24.3 Å². The predicted octanol–water partition coefficient (Wildman–Crippen LogP) is 3.76. The van der Waals surface area contributed by atoms with Crippen LogP contribution in [-0.4, -0.2) is 18.3 Å². The Morgan fingerprint density at radius 3 is 2.36 bits per heavy atom. The molecule has 2 N–H and O–H groups in total. The van der Waals surface area contributed by atoms with E-state index in [2.05, 4.69) is 5.32 Å². The largest absolute Gasteiger partial charge is 0.496 e. The van der Waals surface area contributed by atoms with E-state index in [0.29, 0.717) is 5.75 Å². The van der Waals surface area contributed by atoms with Crippen LogP contribution in [0.1, 0.15) is 18.4 Å². The molecular weight excluding hydrogens is 285 g/mol. The van der Waals surface area contributed by atoms with Crippen LogP contribution in [0.25, 0.3) is 11.1 Å². The Labute approximate surface area is 127 Å². The summed E-state index contributed by atoms with van der Waals surface area (Å²) in [5, 5.41) is 11.6. The Kier molecular flexibility index (Phi) is 3.48. The topological polar surface area (TPSA) is 58.6 Å². The minimum Gasteiger partial charge on any atom is -0.496 e. The number of rotatable bonds is 4. The lowest BCUT2D eigenvalue weighted by Gasteiger charge is -2.19. The van der Waals surface area contributed by atoms with Crippen molar-refractivity contribution >= 4 is 6.09 Å². The predicted molar refractivity (Wildman–Crippen MR) is 80.5 cm³/mol. The summed E-state index contributed by atoms with van der Waals surface area (Å²) in [6.07, 6.45) is 0.471. The van der Waals surface area contributed by atoms with E-state index in [4.69, 9.17) is 9.84 Å². The third kappa shape index (κ3) is 2.62. The van der Waals surface area contributed by atoms with Crippen LogP contribution in [0, 0.1) is 5.82 Å². The molecular formula is C17H16FNO3. The van der Waals surface area contributed by atoms with E-state index in [1.807, 2.05) is 18.2 Å². The lowest BCUT2D eigenvalue weighted by molar-refractivity contribution is 0.188. The number of hydrogen-bond donors (Lipinski definition) is 2. The van der Waals surface area contributed by atoms with E-state index in [1.54, 1.807) is 19.2 Å². The van der Waals surface area contributed by atoms with Gasteiger partial charge in [-0.05, 0) is 42.2 Å². The van der Waals surface area contributed by atoms with E-state index < -0.39 is 11.6 Å². The second kappa shape index (κ2) is 5.33. The van der Waals surface area contributed by atoms with Gasteiger partial charge in [-0.25, -0.2) is 9.18 Å². The molecule has 1 amide bonds. The lowest BCUT2D eigenvalue weighted by atomic mass is 9.98. The first-order valence-electron chi connectivity index (χ1n) is 7.00. The first kappa shape index (κ1) is 14.4. The van der Waals surface area contributed by atoms with Crippen LogP contribution in [0.5, 0.6) is 5.75 Å². The smallest absolute Gasteiger partial charge is 0.405 e. The summed E-state index contributed by atoms with van der Waals surface area (Å²) < 4.78 is 18.4. The lowest BCUT2D eigenvalue weighted by Crippen LogP contribution is -2.33. The standard InChI is InChI=1S/C17H16FNO3/c1-22-15-10-12(11-2-5-13(18)6-3-11)4-7-14(15)17(8-9-17)19-16(20)21/h2-7,10,19H,8-9H2,1H3,(H,20,21). The number of benzene rings is 2. The molecule has 1 aliphatic carbocycles. The van der Waals surface area contributed by atoms with Gasteiger partial charge in [-0.2, -0.15) is 0 Å². The molecule has 2 aromatic rings. The Balaban J connectivity index is 1.98. The number of ether oxygens (including phenoxy) is 1. The second-order valence-electron chi connectivity index (χ2n) is 5.43. The maximum Gasteiger partial charge on any atom is 0.405 e. The van der Waals surface area contributed by atoms with Crippen LogP contribution in [0.3, 0.4) is 0 Å². The molecule has 0 unspecified atom stereocenters. The molecule has 1 aliphatic rings. The molecule has 1 fully saturated rings. The highest BCUT2D eigenvalue weighted by molar-refractivity contribution is 5.70. The number of halogens is 1. The normalized spacial score (nSPS) is 15.2. The van der Waals surface area contributed by atoms with Gasteiger partial charge in [0.05, 0.1) is 12.6 Å². The highest BCUT2D eigenvalue weighted by atomic mass is 19.1. The molecule has 5 heteroatoms. The zero-order valence-corrected chi connectivity index (χ0v) is 12.1. The van der Waals surface area contributed by atoms with E-state index in [-0.39, 0.29) is 5.82 Å².